The van der Waals surface area contributed by atoms with Gasteiger partial charge in [0.15, 0.2) is 0 Å². The smallest absolute Gasteiger partial charge is 0.226 e. The van der Waals surface area contributed by atoms with Gasteiger partial charge in [-0.25, -0.2) is 0 Å². The van der Waals surface area contributed by atoms with Crippen molar-refractivity contribution in [2.75, 3.05) is 17.2 Å². The molecule has 1 fully saturated rings. The van der Waals surface area contributed by atoms with E-state index in [1.807, 2.05) is 38.1 Å². The third-order valence-electron chi connectivity index (χ3n) is 3.74. The number of anilines is 2. The molecule has 1 unspecified atom stereocenters. The summed E-state index contributed by atoms with van der Waals surface area (Å²) in [6, 6.07) is 8.33. The minimum absolute atomic E-state index is 0.00716. The summed E-state index contributed by atoms with van der Waals surface area (Å²) in [7, 11) is 0. The van der Waals surface area contributed by atoms with Crippen molar-refractivity contribution in [3.8, 4) is 0 Å². The van der Waals surface area contributed by atoms with Crippen molar-refractivity contribution in [3.05, 3.63) is 24.3 Å². The number of nitrogens with one attached hydrogen (secondary N) is 2. The first-order valence-electron chi connectivity index (χ1n) is 7.67. The summed E-state index contributed by atoms with van der Waals surface area (Å²) in [6.45, 7) is 8.83. The number of carbonyl (C=O) groups is 1. The van der Waals surface area contributed by atoms with Crippen molar-refractivity contribution in [2.24, 2.45) is 5.92 Å². The van der Waals surface area contributed by atoms with Crippen LogP contribution in [-0.4, -0.2) is 24.2 Å². The summed E-state index contributed by atoms with van der Waals surface area (Å²) in [5.41, 5.74) is 1.87. The third-order valence-corrected chi connectivity index (χ3v) is 3.74. The van der Waals surface area contributed by atoms with Crippen molar-refractivity contribution < 1.29 is 9.53 Å². The second kappa shape index (κ2) is 6.48. The molecule has 1 aliphatic rings. The topological polar surface area (TPSA) is 50.4 Å². The van der Waals surface area contributed by atoms with Crippen LogP contribution in [0.15, 0.2) is 24.3 Å². The Labute approximate surface area is 127 Å². The molecule has 0 aromatic heterocycles. The van der Waals surface area contributed by atoms with Crippen molar-refractivity contribution >= 4 is 17.3 Å². The highest BCUT2D eigenvalue weighted by Crippen LogP contribution is 2.26. The summed E-state index contributed by atoms with van der Waals surface area (Å²) in [5, 5.41) is 6.45. The molecular formula is C17H26N2O2. The number of hydrogen-bond donors (Lipinski definition) is 2. The van der Waals surface area contributed by atoms with Gasteiger partial charge in [0.05, 0.1) is 5.60 Å². The van der Waals surface area contributed by atoms with E-state index in [2.05, 4.69) is 24.5 Å². The van der Waals surface area contributed by atoms with Gasteiger partial charge in [-0.2, -0.15) is 0 Å². The molecule has 1 heterocycles. The lowest BCUT2D eigenvalue weighted by molar-refractivity contribution is -0.118. The van der Waals surface area contributed by atoms with Crippen molar-refractivity contribution in [2.45, 2.75) is 52.2 Å². The van der Waals surface area contributed by atoms with Crippen LogP contribution in [0.25, 0.3) is 0 Å². The molecule has 1 aliphatic heterocycles. The Kier molecular flexibility index (Phi) is 4.88. The van der Waals surface area contributed by atoms with Gasteiger partial charge in [-0.3, -0.25) is 4.79 Å². The molecule has 0 bridgehead atoms. The number of amides is 1. The Morgan fingerprint density at radius 1 is 1.24 bits per heavy atom. The largest absolute Gasteiger partial charge is 0.382 e. The van der Waals surface area contributed by atoms with E-state index in [0.717, 1.165) is 30.8 Å². The third kappa shape index (κ3) is 4.74. The molecule has 1 aromatic rings. The first-order valence-corrected chi connectivity index (χ1v) is 7.67. The Morgan fingerprint density at radius 3 is 2.43 bits per heavy atom. The fourth-order valence-electron chi connectivity index (χ4n) is 2.53. The van der Waals surface area contributed by atoms with Gasteiger partial charge in [-0.15, -0.1) is 0 Å². The fraction of sp³-hybridized carbons (Fsp3) is 0.588. The van der Waals surface area contributed by atoms with E-state index in [-0.39, 0.29) is 17.4 Å². The maximum Gasteiger partial charge on any atom is 0.226 e. The molecule has 0 saturated carbocycles. The summed E-state index contributed by atoms with van der Waals surface area (Å²) in [6.07, 6.45) is 2.02. The van der Waals surface area contributed by atoms with Gasteiger partial charge in [0, 0.05) is 29.9 Å². The molecule has 0 aliphatic carbocycles. The van der Waals surface area contributed by atoms with E-state index in [0.29, 0.717) is 6.04 Å². The van der Waals surface area contributed by atoms with Crippen LogP contribution in [0.5, 0.6) is 0 Å². The van der Waals surface area contributed by atoms with E-state index in [9.17, 15) is 4.79 Å². The predicted octanol–water partition coefficient (Wildman–Crippen LogP) is 3.65. The Hall–Kier alpha value is -1.55. The van der Waals surface area contributed by atoms with Crippen LogP contribution in [-0.2, 0) is 9.53 Å². The van der Waals surface area contributed by atoms with Crippen molar-refractivity contribution in [3.63, 3.8) is 0 Å². The van der Waals surface area contributed by atoms with E-state index >= 15 is 0 Å². The minimum Gasteiger partial charge on any atom is -0.382 e. The average molecular weight is 290 g/mol. The normalized spacial score (nSPS) is 21.1. The molecule has 1 amide bonds. The molecule has 4 nitrogen and oxygen atoms in total. The lowest BCUT2D eigenvalue weighted by Crippen LogP contribution is -2.40. The highest BCUT2D eigenvalue weighted by atomic mass is 16.5. The molecular weight excluding hydrogens is 264 g/mol. The van der Waals surface area contributed by atoms with E-state index in [4.69, 9.17) is 4.74 Å². The van der Waals surface area contributed by atoms with Gasteiger partial charge in [0.2, 0.25) is 5.91 Å². The quantitative estimate of drug-likeness (QED) is 0.890. The maximum atomic E-state index is 11.6. The van der Waals surface area contributed by atoms with Gasteiger partial charge < -0.3 is 15.4 Å². The van der Waals surface area contributed by atoms with Crippen LogP contribution >= 0.6 is 0 Å². The summed E-state index contributed by atoms with van der Waals surface area (Å²) < 4.78 is 5.73. The highest BCUT2D eigenvalue weighted by molar-refractivity contribution is 5.92. The molecule has 2 N–H and O–H groups in total. The highest BCUT2D eigenvalue weighted by Gasteiger charge is 2.28. The standard InChI is InChI=1S/C17H26N2O2/c1-12(2)16(20)19-14-7-5-13(6-8-14)18-15-9-10-21-17(3,4)11-15/h5-8,12,15,18H,9-11H2,1-4H3,(H,19,20). The van der Waals surface area contributed by atoms with Gasteiger partial charge in [0.1, 0.15) is 0 Å². The lowest BCUT2D eigenvalue weighted by atomic mass is 9.94. The van der Waals surface area contributed by atoms with Crippen LogP contribution in [0.2, 0.25) is 0 Å². The van der Waals surface area contributed by atoms with Crippen molar-refractivity contribution in [1.82, 2.24) is 0 Å². The van der Waals surface area contributed by atoms with Gasteiger partial charge in [0.25, 0.3) is 0 Å². The average Bonchev–Trinajstić information content (AvgIpc) is 2.39. The molecule has 2 rings (SSSR count). The lowest BCUT2D eigenvalue weighted by Gasteiger charge is -2.36. The summed E-state index contributed by atoms with van der Waals surface area (Å²) in [4.78, 5) is 11.6. The van der Waals surface area contributed by atoms with E-state index in [1.165, 1.54) is 0 Å². The molecule has 0 spiro atoms. The van der Waals surface area contributed by atoms with Gasteiger partial charge >= 0.3 is 0 Å². The first-order chi connectivity index (χ1) is 9.85. The Morgan fingerprint density at radius 2 is 1.86 bits per heavy atom. The summed E-state index contributed by atoms with van der Waals surface area (Å²) in [5.74, 6) is 0.0363. The number of carbonyl (C=O) groups excluding carboxylic acids is 1. The van der Waals surface area contributed by atoms with Crippen LogP contribution in [0.3, 0.4) is 0 Å². The zero-order valence-electron chi connectivity index (χ0n) is 13.4. The number of rotatable bonds is 4. The van der Waals surface area contributed by atoms with Crippen LogP contribution in [0.4, 0.5) is 11.4 Å². The first kappa shape index (κ1) is 15.8. The van der Waals surface area contributed by atoms with Crippen LogP contribution < -0.4 is 10.6 Å². The van der Waals surface area contributed by atoms with Gasteiger partial charge in [-0.1, -0.05) is 13.8 Å². The van der Waals surface area contributed by atoms with Gasteiger partial charge in [-0.05, 0) is 51.0 Å². The van der Waals surface area contributed by atoms with Crippen LogP contribution in [0.1, 0.15) is 40.5 Å². The SMILES string of the molecule is CC(C)C(=O)Nc1ccc(NC2CCOC(C)(C)C2)cc1. The molecule has 1 atom stereocenters. The second-order valence-corrected chi connectivity index (χ2v) is 6.66. The molecule has 0 radical (unpaired) electrons. The second-order valence-electron chi connectivity index (χ2n) is 6.66. The molecule has 116 valence electrons. The Bertz CT molecular complexity index is 480. The summed E-state index contributed by atoms with van der Waals surface area (Å²) >= 11 is 0. The number of ether oxygens (including phenoxy) is 1. The predicted molar refractivity (Wildman–Crippen MR) is 86.6 cm³/mol. The molecule has 4 heteroatoms. The zero-order chi connectivity index (χ0) is 15.5. The maximum absolute atomic E-state index is 11.6. The van der Waals surface area contributed by atoms with Crippen molar-refractivity contribution in [1.29, 1.82) is 0 Å². The Balaban J connectivity index is 1.92. The fourth-order valence-corrected chi connectivity index (χ4v) is 2.53. The zero-order valence-corrected chi connectivity index (χ0v) is 13.4. The monoisotopic (exact) mass is 290 g/mol. The van der Waals surface area contributed by atoms with E-state index < -0.39 is 0 Å². The van der Waals surface area contributed by atoms with E-state index in [1.54, 1.807) is 0 Å². The van der Waals surface area contributed by atoms with Crippen LogP contribution in [0, 0.1) is 5.92 Å². The molecule has 21 heavy (non-hydrogen) atoms. The molecule has 1 aromatic carbocycles. The number of benzene rings is 1. The number of hydrogen-bond acceptors (Lipinski definition) is 3. The molecule has 1 saturated heterocycles. The minimum atomic E-state index is -0.0545.